The molecule has 0 saturated carbocycles. The third kappa shape index (κ3) is 6.73. The number of benzene rings is 1. The lowest BCUT2D eigenvalue weighted by Crippen LogP contribution is -2.27. The van der Waals surface area contributed by atoms with E-state index < -0.39 is 0 Å². The third-order valence-electron chi connectivity index (χ3n) is 2.70. The van der Waals surface area contributed by atoms with Crippen LogP contribution in [0.3, 0.4) is 0 Å². The Balaban J connectivity index is 1.56. The van der Waals surface area contributed by atoms with Crippen LogP contribution in [0.1, 0.15) is 5.56 Å². The van der Waals surface area contributed by atoms with Gasteiger partial charge in [0.1, 0.15) is 0 Å². The maximum Gasteiger partial charge on any atom is 0.230 e. The molecule has 0 aliphatic heterocycles. The second-order valence-corrected chi connectivity index (χ2v) is 7.03. The van der Waals surface area contributed by atoms with Crippen molar-refractivity contribution in [3.63, 3.8) is 0 Å². The summed E-state index contributed by atoms with van der Waals surface area (Å²) >= 11 is 9.15. The fourth-order valence-electron chi connectivity index (χ4n) is 1.72. The largest absolute Gasteiger partial charge is 0.355 e. The van der Waals surface area contributed by atoms with Crippen LogP contribution >= 0.6 is 35.1 Å². The van der Waals surface area contributed by atoms with E-state index in [2.05, 4.69) is 10.3 Å². The van der Waals surface area contributed by atoms with E-state index in [0.717, 1.165) is 27.1 Å². The van der Waals surface area contributed by atoms with Crippen molar-refractivity contribution in [3.8, 4) is 0 Å². The first kappa shape index (κ1) is 17.2. The highest BCUT2D eigenvalue weighted by Crippen LogP contribution is 2.16. The van der Waals surface area contributed by atoms with Gasteiger partial charge in [-0.2, -0.15) is 0 Å². The molecule has 0 spiro atoms. The fourth-order valence-corrected chi connectivity index (χ4v) is 3.46. The number of nitrogens with zero attached hydrogens (tertiary/aromatic N) is 1. The highest BCUT2D eigenvalue weighted by molar-refractivity contribution is 7.99. The summed E-state index contributed by atoms with van der Waals surface area (Å²) in [6.07, 6.45) is 1.77. The molecule has 1 aromatic heterocycles. The molecule has 1 heterocycles. The van der Waals surface area contributed by atoms with Crippen molar-refractivity contribution in [2.75, 3.05) is 18.1 Å². The van der Waals surface area contributed by atoms with E-state index in [1.165, 1.54) is 0 Å². The van der Waals surface area contributed by atoms with Gasteiger partial charge in [0.25, 0.3) is 0 Å². The minimum Gasteiger partial charge on any atom is -0.355 e. The van der Waals surface area contributed by atoms with E-state index in [-0.39, 0.29) is 5.91 Å². The molecule has 0 aliphatic rings. The van der Waals surface area contributed by atoms with E-state index >= 15 is 0 Å². The third-order valence-corrected chi connectivity index (χ3v) is 4.89. The minimum atomic E-state index is 0.0636. The molecule has 0 radical (unpaired) electrons. The van der Waals surface area contributed by atoms with Crippen molar-refractivity contribution in [1.29, 1.82) is 0 Å². The summed E-state index contributed by atoms with van der Waals surface area (Å²) in [6, 6.07) is 13.5. The lowest BCUT2D eigenvalue weighted by molar-refractivity contribution is -0.118. The number of hydrogen-bond acceptors (Lipinski definition) is 4. The quantitative estimate of drug-likeness (QED) is 0.578. The van der Waals surface area contributed by atoms with E-state index in [4.69, 9.17) is 11.6 Å². The summed E-state index contributed by atoms with van der Waals surface area (Å²) in [4.78, 5) is 15.9. The molecule has 1 N–H and O–H groups in total. The molecule has 0 atom stereocenters. The van der Waals surface area contributed by atoms with Gasteiger partial charge in [0.2, 0.25) is 5.91 Å². The number of thioether (sulfide) groups is 2. The number of hydrogen-bond donors (Lipinski definition) is 1. The van der Waals surface area contributed by atoms with Gasteiger partial charge in [0.05, 0.1) is 10.8 Å². The second-order valence-electron chi connectivity index (χ2n) is 4.49. The van der Waals surface area contributed by atoms with Crippen LogP contribution in [-0.4, -0.2) is 28.9 Å². The summed E-state index contributed by atoms with van der Waals surface area (Å²) in [5.74, 6) is 2.13. The molecule has 6 heteroatoms. The summed E-state index contributed by atoms with van der Waals surface area (Å²) in [6.45, 7) is 0.651. The normalized spacial score (nSPS) is 10.4. The van der Waals surface area contributed by atoms with E-state index in [0.29, 0.717) is 12.3 Å². The molecule has 2 aromatic rings. The number of halogens is 1. The number of aromatic nitrogens is 1. The molecule has 2 rings (SSSR count). The van der Waals surface area contributed by atoms with Crippen LogP contribution in [0.2, 0.25) is 5.02 Å². The van der Waals surface area contributed by atoms with Crippen LogP contribution in [0.4, 0.5) is 0 Å². The fraction of sp³-hybridized carbons (Fsp3) is 0.250. The Morgan fingerprint density at radius 1 is 1.23 bits per heavy atom. The van der Waals surface area contributed by atoms with Gasteiger partial charge >= 0.3 is 0 Å². The van der Waals surface area contributed by atoms with Crippen molar-refractivity contribution in [2.45, 2.75) is 10.8 Å². The first-order chi connectivity index (χ1) is 10.7. The summed E-state index contributed by atoms with van der Waals surface area (Å²) in [5.41, 5.74) is 1.14. The number of rotatable bonds is 8. The number of carbonyl (C=O) groups excluding carboxylic acids is 1. The first-order valence-electron chi connectivity index (χ1n) is 6.87. The van der Waals surface area contributed by atoms with E-state index in [1.807, 2.05) is 42.5 Å². The SMILES string of the molecule is O=C(CSCc1cccc(Cl)c1)NCCSc1ccccn1. The molecular formula is C16H17ClN2OS2. The molecule has 0 bridgehead atoms. The highest BCUT2D eigenvalue weighted by Gasteiger charge is 2.02. The Morgan fingerprint density at radius 3 is 2.91 bits per heavy atom. The van der Waals surface area contributed by atoms with Crippen LogP contribution in [0.15, 0.2) is 53.7 Å². The van der Waals surface area contributed by atoms with Crippen LogP contribution in [0.25, 0.3) is 0 Å². The predicted molar refractivity (Wildman–Crippen MR) is 95.6 cm³/mol. The Kier molecular flexibility index (Phi) is 7.63. The average molecular weight is 353 g/mol. The Hall–Kier alpha value is -1.17. The van der Waals surface area contributed by atoms with Gasteiger partial charge in [-0.1, -0.05) is 29.8 Å². The molecule has 3 nitrogen and oxygen atoms in total. The summed E-state index contributed by atoms with van der Waals surface area (Å²) < 4.78 is 0. The monoisotopic (exact) mass is 352 g/mol. The van der Waals surface area contributed by atoms with Crippen molar-refractivity contribution in [2.24, 2.45) is 0 Å². The minimum absolute atomic E-state index is 0.0636. The number of amides is 1. The van der Waals surface area contributed by atoms with Crippen LogP contribution < -0.4 is 5.32 Å². The zero-order valence-electron chi connectivity index (χ0n) is 12.0. The smallest absolute Gasteiger partial charge is 0.230 e. The Morgan fingerprint density at radius 2 is 2.14 bits per heavy atom. The highest BCUT2D eigenvalue weighted by atomic mass is 35.5. The van der Waals surface area contributed by atoms with Crippen molar-refractivity contribution in [1.82, 2.24) is 10.3 Å². The topological polar surface area (TPSA) is 42.0 Å². The molecule has 0 fully saturated rings. The molecule has 0 unspecified atom stereocenters. The van der Waals surface area contributed by atoms with E-state index in [1.54, 1.807) is 29.7 Å². The predicted octanol–water partition coefficient (Wildman–Crippen LogP) is 3.88. The molecule has 1 amide bonds. The van der Waals surface area contributed by atoms with Crippen molar-refractivity contribution < 1.29 is 4.79 Å². The number of nitrogens with one attached hydrogen (secondary N) is 1. The standard InChI is InChI=1S/C16H17ClN2OS2/c17-14-5-3-4-13(10-14)11-21-12-15(20)18-8-9-22-16-6-1-2-7-19-16/h1-7,10H,8-9,11-12H2,(H,18,20). The van der Waals surface area contributed by atoms with Crippen molar-refractivity contribution >= 4 is 41.0 Å². The molecule has 22 heavy (non-hydrogen) atoms. The molecule has 116 valence electrons. The lowest BCUT2D eigenvalue weighted by Gasteiger charge is -2.05. The lowest BCUT2D eigenvalue weighted by atomic mass is 10.2. The van der Waals surface area contributed by atoms with Gasteiger partial charge in [-0.25, -0.2) is 4.98 Å². The summed E-state index contributed by atoms with van der Waals surface area (Å²) in [7, 11) is 0. The second kappa shape index (κ2) is 9.77. The van der Waals surface area contributed by atoms with Gasteiger partial charge in [0, 0.05) is 29.3 Å². The first-order valence-corrected chi connectivity index (χ1v) is 9.38. The maximum atomic E-state index is 11.7. The van der Waals surface area contributed by atoms with Gasteiger partial charge in [-0.05, 0) is 29.8 Å². The van der Waals surface area contributed by atoms with Gasteiger partial charge < -0.3 is 5.32 Å². The molecular weight excluding hydrogens is 336 g/mol. The molecule has 0 saturated heterocycles. The molecule has 0 aliphatic carbocycles. The van der Waals surface area contributed by atoms with Crippen LogP contribution in [0.5, 0.6) is 0 Å². The van der Waals surface area contributed by atoms with Crippen LogP contribution in [0, 0.1) is 0 Å². The number of carbonyl (C=O) groups is 1. The van der Waals surface area contributed by atoms with Crippen LogP contribution in [-0.2, 0) is 10.5 Å². The Bertz CT molecular complexity index is 596. The maximum absolute atomic E-state index is 11.7. The zero-order valence-corrected chi connectivity index (χ0v) is 14.4. The zero-order chi connectivity index (χ0) is 15.6. The van der Waals surface area contributed by atoms with E-state index in [9.17, 15) is 4.79 Å². The number of pyridine rings is 1. The average Bonchev–Trinajstić information content (AvgIpc) is 2.53. The Labute approximate surface area is 144 Å². The summed E-state index contributed by atoms with van der Waals surface area (Å²) in [5, 5.41) is 4.63. The van der Waals surface area contributed by atoms with Gasteiger partial charge in [0.15, 0.2) is 0 Å². The molecule has 1 aromatic carbocycles. The van der Waals surface area contributed by atoms with Gasteiger partial charge in [-0.15, -0.1) is 23.5 Å². The van der Waals surface area contributed by atoms with Gasteiger partial charge in [-0.3, -0.25) is 4.79 Å². The van der Waals surface area contributed by atoms with Crippen molar-refractivity contribution in [3.05, 3.63) is 59.2 Å².